The number of ketones is 1. The number of aliphatic imine (C=N–C) groups is 1. The normalized spacial score (nSPS) is 12.8. The van der Waals surface area contributed by atoms with Crippen LogP contribution in [0.4, 0.5) is 18.9 Å². The Labute approximate surface area is 150 Å². The number of halogens is 3. The third kappa shape index (κ3) is 4.37. The molecule has 1 aromatic carbocycles. The Balaban J connectivity index is 2.53. The first-order valence-electron chi connectivity index (χ1n) is 7.05. The molecule has 26 heavy (non-hydrogen) atoms. The molecule has 1 heterocycles. The van der Waals surface area contributed by atoms with E-state index < -0.39 is 29.3 Å². The number of Topliss-reactive ketones (excluding diaryl/α,β-unsaturated/α-hetero) is 1. The number of hydrogen-bond acceptors (Lipinski definition) is 6. The van der Waals surface area contributed by atoms with Crippen LogP contribution in [0, 0.1) is 0 Å². The lowest BCUT2D eigenvalue weighted by Crippen LogP contribution is -2.26. The lowest BCUT2D eigenvalue weighted by Gasteiger charge is -2.08. The van der Waals surface area contributed by atoms with E-state index in [4.69, 9.17) is 0 Å². The smallest absolute Gasteiger partial charge is 0.455 e. The summed E-state index contributed by atoms with van der Waals surface area (Å²) in [6.45, 7) is 0. The first-order valence-corrected chi connectivity index (χ1v) is 7.93. The number of hydrogen-bond donors (Lipinski definition) is 1. The Bertz CT molecular complexity index is 870. The molecule has 0 saturated heterocycles. The van der Waals surface area contributed by atoms with Gasteiger partial charge in [0.15, 0.2) is 0 Å². The standard InChI is InChI=1S/C17H12F3NO4S/c1-25-16(24)10-5-2-3-6-12(10)21-9-11(15(23)17(18,19)20)14(22)13-7-4-8-26-13/h2-9,22H,1H3. The molecule has 0 aliphatic rings. The van der Waals surface area contributed by atoms with Crippen molar-refractivity contribution < 1.29 is 32.6 Å². The van der Waals surface area contributed by atoms with Gasteiger partial charge in [-0.1, -0.05) is 18.2 Å². The third-order valence-corrected chi connectivity index (χ3v) is 4.03. The maximum Gasteiger partial charge on any atom is 0.455 e. The zero-order chi connectivity index (χ0) is 19.3. The number of aliphatic hydroxyl groups is 1. The fraction of sp³-hybridized carbons (Fsp3) is 0.118. The highest BCUT2D eigenvalue weighted by Gasteiger charge is 2.41. The van der Waals surface area contributed by atoms with Gasteiger partial charge in [0, 0.05) is 6.21 Å². The average Bonchev–Trinajstić information content (AvgIpc) is 3.15. The zero-order valence-corrected chi connectivity index (χ0v) is 14.1. The van der Waals surface area contributed by atoms with Crippen molar-refractivity contribution in [3.63, 3.8) is 0 Å². The highest BCUT2D eigenvalue weighted by Crippen LogP contribution is 2.28. The molecular formula is C17H12F3NO4S. The van der Waals surface area contributed by atoms with Crippen molar-refractivity contribution in [3.8, 4) is 0 Å². The summed E-state index contributed by atoms with van der Waals surface area (Å²) in [5.74, 6) is -3.84. The molecule has 2 rings (SSSR count). The van der Waals surface area contributed by atoms with Crippen molar-refractivity contribution in [2.24, 2.45) is 4.99 Å². The minimum Gasteiger partial charge on any atom is -0.506 e. The molecule has 0 radical (unpaired) electrons. The van der Waals surface area contributed by atoms with Crippen molar-refractivity contribution in [2.75, 3.05) is 7.11 Å². The molecule has 0 saturated carbocycles. The quantitative estimate of drug-likeness (QED) is 0.361. The van der Waals surface area contributed by atoms with Gasteiger partial charge in [-0.05, 0) is 23.6 Å². The molecule has 0 aliphatic heterocycles. The molecule has 0 amide bonds. The molecular weight excluding hydrogens is 371 g/mol. The minimum absolute atomic E-state index is 0.000621. The first-order chi connectivity index (χ1) is 12.3. The topological polar surface area (TPSA) is 76.0 Å². The molecule has 5 nitrogen and oxygen atoms in total. The monoisotopic (exact) mass is 383 g/mol. The number of ether oxygens (including phenoxy) is 1. The second-order valence-electron chi connectivity index (χ2n) is 4.83. The summed E-state index contributed by atoms with van der Waals surface area (Å²) >= 11 is 0.958. The predicted octanol–water partition coefficient (Wildman–Crippen LogP) is 4.34. The van der Waals surface area contributed by atoms with E-state index in [9.17, 15) is 27.9 Å². The van der Waals surface area contributed by atoms with Crippen LogP contribution in [-0.4, -0.2) is 36.4 Å². The van der Waals surface area contributed by atoms with Gasteiger partial charge in [0.1, 0.15) is 5.76 Å². The van der Waals surface area contributed by atoms with Gasteiger partial charge < -0.3 is 9.84 Å². The number of benzene rings is 1. The van der Waals surface area contributed by atoms with E-state index in [0.29, 0.717) is 6.21 Å². The van der Waals surface area contributed by atoms with E-state index >= 15 is 0 Å². The molecule has 0 spiro atoms. The molecule has 136 valence electrons. The van der Waals surface area contributed by atoms with Gasteiger partial charge in [0.05, 0.1) is 28.8 Å². The number of thiophene rings is 1. The molecule has 1 N–H and O–H groups in total. The number of alkyl halides is 3. The van der Waals surface area contributed by atoms with Gasteiger partial charge in [-0.15, -0.1) is 11.3 Å². The fourth-order valence-corrected chi connectivity index (χ4v) is 2.61. The van der Waals surface area contributed by atoms with Gasteiger partial charge in [-0.2, -0.15) is 13.2 Å². The van der Waals surface area contributed by atoms with Gasteiger partial charge in [-0.3, -0.25) is 9.79 Å². The third-order valence-electron chi connectivity index (χ3n) is 3.15. The Morgan fingerprint density at radius 2 is 1.88 bits per heavy atom. The number of carbonyl (C=O) groups is 2. The van der Waals surface area contributed by atoms with Crippen molar-refractivity contribution >= 4 is 40.8 Å². The highest BCUT2D eigenvalue weighted by molar-refractivity contribution is 7.11. The molecule has 0 unspecified atom stereocenters. The van der Waals surface area contributed by atoms with Crippen LogP contribution in [0.25, 0.3) is 5.76 Å². The van der Waals surface area contributed by atoms with Crippen molar-refractivity contribution in [2.45, 2.75) is 6.18 Å². The number of methoxy groups -OCH3 is 1. The Morgan fingerprint density at radius 1 is 1.19 bits per heavy atom. The number of aliphatic hydroxyl groups excluding tert-OH is 1. The maximum atomic E-state index is 12.9. The summed E-state index contributed by atoms with van der Waals surface area (Å²) in [5.41, 5.74) is -1.04. The van der Waals surface area contributed by atoms with E-state index in [2.05, 4.69) is 9.73 Å². The van der Waals surface area contributed by atoms with Crippen LogP contribution in [0.5, 0.6) is 0 Å². The summed E-state index contributed by atoms with van der Waals surface area (Å²) in [4.78, 5) is 27.2. The second-order valence-corrected chi connectivity index (χ2v) is 5.78. The van der Waals surface area contributed by atoms with Crippen LogP contribution in [0.1, 0.15) is 15.2 Å². The predicted molar refractivity (Wildman–Crippen MR) is 90.9 cm³/mol. The number of nitrogens with zero attached hydrogens (tertiary/aromatic N) is 1. The molecule has 0 atom stereocenters. The summed E-state index contributed by atoms with van der Waals surface area (Å²) in [5, 5.41) is 11.6. The molecule has 2 aromatic rings. The van der Waals surface area contributed by atoms with Gasteiger partial charge in [-0.25, -0.2) is 4.79 Å². The van der Waals surface area contributed by atoms with Crippen LogP contribution in [0.2, 0.25) is 0 Å². The number of rotatable bonds is 5. The first kappa shape index (κ1) is 19.4. The lowest BCUT2D eigenvalue weighted by atomic mass is 10.1. The van der Waals surface area contributed by atoms with E-state index in [1.807, 2.05) is 0 Å². The summed E-state index contributed by atoms with van der Waals surface area (Å²) in [6, 6.07) is 8.63. The van der Waals surface area contributed by atoms with Crippen molar-refractivity contribution in [1.82, 2.24) is 0 Å². The fourth-order valence-electron chi connectivity index (χ4n) is 1.93. The second kappa shape index (κ2) is 7.96. The van der Waals surface area contributed by atoms with Crippen molar-refractivity contribution in [3.05, 3.63) is 57.8 Å². The Hall–Kier alpha value is -2.94. The largest absolute Gasteiger partial charge is 0.506 e. The van der Waals surface area contributed by atoms with Crippen LogP contribution in [0.15, 0.2) is 52.3 Å². The molecule has 1 aromatic heterocycles. The summed E-state index contributed by atoms with van der Waals surface area (Å²) in [6.07, 6.45) is -4.61. The average molecular weight is 383 g/mol. The number of para-hydroxylation sites is 1. The van der Waals surface area contributed by atoms with Gasteiger partial charge in [0.25, 0.3) is 5.78 Å². The van der Waals surface area contributed by atoms with Gasteiger partial charge >= 0.3 is 12.1 Å². The zero-order valence-electron chi connectivity index (χ0n) is 13.3. The van der Waals surface area contributed by atoms with Crippen molar-refractivity contribution in [1.29, 1.82) is 0 Å². The van der Waals surface area contributed by atoms with Crippen LogP contribution >= 0.6 is 11.3 Å². The number of allylic oxidation sites excluding steroid dienone is 1. The van der Waals surface area contributed by atoms with E-state index in [-0.39, 0.29) is 16.1 Å². The Kier molecular flexibility index (Phi) is 5.93. The van der Waals surface area contributed by atoms with E-state index in [1.165, 1.54) is 41.8 Å². The van der Waals surface area contributed by atoms with E-state index in [1.54, 1.807) is 0 Å². The minimum atomic E-state index is -5.20. The SMILES string of the molecule is COC(=O)c1ccccc1N=CC(C(=O)C(F)(F)F)=C(O)c1cccs1. The number of esters is 1. The van der Waals surface area contributed by atoms with Crippen LogP contribution in [-0.2, 0) is 9.53 Å². The van der Waals surface area contributed by atoms with Crippen LogP contribution in [0.3, 0.4) is 0 Å². The van der Waals surface area contributed by atoms with Crippen LogP contribution < -0.4 is 0 Å². The highest BCUT2D eigenvalue weighted by atomic mass is 32.1. The summed E-state index contributed by atoms with van der Waals surface area (Å²) in [7, 11) is 1.14. The van der Waals surface area contributed by atoms with E-state index in [0.717, 1.165) is 18.4 Å². The molecule has 0 bridgehead atoms. The molecule has 0 aliphatic carbocycles. The molecule has 9 heteroatoms. The maximum absolute atomic E-state index is 12.9. The van der Waals surface area contributed by atoms with Gasteiger partial charge in [0.2, 0.25) is 0 Å². The summed E-state index contributed by atoms with van der Waals surface area (Å²) < 4.78 is 43.2. The lowest BCUT2D eigenvalue weighted by molar-refractivity contribution is -0.165. The number of carbonyl (C=O) groups excluding carboxylic acids is 2. The Morgan fingerprint density at radius 3 is 2.46 bits per heavy atom. The molecule has 0 fully saturated rings.